The van der Waals surface area contributed by atoms with Crippen LogP contribution < -0.4 is 6.15 Å². The van der Waals surface area contributed by atoms with E-state index in [1.807, 2.05) is 0 Å². The lowest BCUT2D eigenvalue weighted by Crippen LogP contribution is -1.89. The van der Waals surface area contributed by atoms with Gasteiger partial charge in [0.25, 0.3) is 0 Å². The second-order valence-electron chi connectivity index (χ2n) is 0.468. The Kier molecular flexibility index (Phi) is 3.62. The van der Waals surface area contributed by atoms with Crippen molar-refractivity contribution in [1.29, 1.82) is 0 Å². The molecule has 0 saturated heterocycles. The fourth-order valence-electron chi connectivity index (χ4n) is 0. The van der Waals surface area contributed by atoms with Gasteiger partial charge in [0.1, 0.15) is 0 Å². The molecule has 0 rings (SSSR count). The van der Waals surface area contributed by atoms with Crippen LogP contribution in [0.1, 0.15) is 0 Å². The maximum atomic E-state index is 10.2. The number of thiol groups is 1. The quantitative estimate of drug-likeness (QED) is 0.466. The minimum atomic E-state index is -4.31. The normalized spacial score (nSPS) is 10.0. The molecule has 0 radical (unpaired) electrons. The molecule has 40 valence electrons. The zero-order valence-corrected chi connectivity index (χ0v) is 3.68. The van der Waals surface area contributed by atoms with Gasteiger partial charge in [0.2, 0.25) is 0 Å². The Morgan fingerprint density at radius 2 is 1.17 bits per heavy atom. The smallest absolute Gasteiger partial charge is 0.344 e. The molecule has 0 unspecified atom stereocenters. The number of halogens is 3. The van der Waals surface area contributed by atoms with E-state index in [1.165, 1.54) is 0 Å². The molecule has 0 heterocycles. The molecular formula is CH4F3NS. The molecule has 6 heavy (non-hydrogen) atoms. The highest BCUT2D eigenvalue weighted by molar-refractivity contribution is 7.81. The maximum Gasteiger partial charge on any atom is 0.438 e. The molecule has 0 aromatic heterocycles. The van der Waals surface area contributed by atoms with Crippen molar-refractivity contribution in [1.82, 2.24) is 6.15 Å². The van der Waals surface area contributed by atoms with E-state index >= 15 is 0 Å². The molecule has 0 spiro atoms. The van der Waals surface area contributed by atoms with Crippen LogP contribution in [0.15, 0.2) is 0 Å². The fourth-order valence-corrected chi connectivity index (χ4v) is 0. The number of hydrogen-bond acceptors (Lipinski definition) is 2. The summed E-state index contributed by atoms with van der Waals surface area (Å²) < 4.78 is 30.7. The average Bonchev–Trinajstić information content (AvgIpc) is 0.722. The van der Waals surface area contributed by atoms with Gasteiger partial charge in [0, 0.05) is 0 Å². The van der Waals surface area contributed by atoms with Crippen molar-refractivity contribution in [3.63, 3.8) is 0 Å². The van der Waals surface area contributed by atoms with Crippen molar-refractivity contribution in [3.05, 3.63) is 0 Å². The van der Waals surface area contributed by atoms with E-state index in [2.05, 4.69) is 12.6 Å². The van der Waals surface area contributed by atoms with Gasteiger partial charge < -0.3 is 6.15 Å². The predicted molar refractivity (Wildman–Crippen MR) is 20.1 cm³/mol. The molecule has 0 aliphatic heterocycles. The zero-order valence-electron chi connectivity index (χ0n) is 2.79. The van der Waals surface area contributed by atoms with Gasteiger partial charge in [-0.25, -0.2) is 0 Å². The van der Waals surface area contributed by atoms with Crippen molar-refractivity contribution in [3.8, 4) is 0 Å². The molecule has 0 aromatic carbocycles. The van der Waals surface area contributed by atoms with Crippen molar-refractivity contribution >= 4 is 12.6 Å². The summed E-state index contributed by atoms with van der Waals surface area (Å²) in [6.07, 6.45) is 0. The Morgan fingerprint density at radius 3 is 1.17 bits per heavy atom. The first kappa shape index (κ1) is 9.44. The standard InChI is InChI=1S/CHF3S.H3N/c2-1(3,4)5;/h5H;1H3. The van der Waals surface area contributed by atoms with Gasteiger partial charge in [0.05, 0.1) is 0 Å². The molecule has 1 nitrogen and oxygen atoms in total. The fraction of sp³-hybridized carbons (Fsp3) is 1.00. The summed E-state index contributed by atoms with van der Waals surface area (Å²) in [7, 11) is 0. The molecule has 0 aliphatic rings. The topological polar surface area (TPSA) is 35.0 Å². The van der Waals surface area contributed by atoms with Crippen LogP contribution in [0.3, 0.4) is 0 Å². The first-order valence-electron chi connectivity index (χ1n) is 0.791. The Bertz CT molecular complexity index is 26.3. The van der Waals surface area contributed by atoms with Gasteiger partial charge in [-0.2, -0.15) is 13.2 Å². The third kappa shape index (κ3) is 3940. The second kappa shape index (κ2) is 2.30. The lowest BCUT2D eigenvalue weighted by Gasteiger charge is -1.87. The summed E-state index contributed by atoms with van der Waals surface area (Å²) in [5.74, 6) is 0. The predicted octanol–water partition coefficient (Wildman–Crippen LogP) is 1.60. The minimum absolute atomic E-state index is 0. The van der Waals surface area contributed by atoms with Gasteiger partial charge in [-0.05, 0) is 0 Å². The summed E-state index contributed by atoms with van der Waals surface area (Å²) in [6, 6.07) is 0. The first-order chi connectivity index (χ1) is 2.00. The summed E-state index contributed by atoms with van der Waals surface area (Å²) in [4.78, 5) is 0. The highest BCUT2D eigenvalue weighted by Crippen LogP contribution is 2.17. The van der Waals surface area contributed by atoms with E-state index in [-0.39, 0.29) is 6.15 Å². The van der Waals surface area contributed by atoms with Gasteiger partial charge in [-0.3, -0.25) is 0 Å². The Balaban J connectivity index is 0. The maximum absolute atomic E-state index is 10.2. The van der Waals surface area contributed by atoms with Gasteiger partial charge in [0.15, 0.2) is 0 Å². The van der Waals surface area contributed by atoms with Crippen LogP contribution in [0.5, 0.6) is 0 Å². The van der Waals surface area contributed by atoms with E-state index in [4.69, 9.17) is 0 Å². The van der Waals surface area contributed by atoms with Crippen molar-refractivity contribution in [2.75, 3.05) is 0 Å². The number of rotatable bonds is 0. The summed E-state index contributed by atoms with van der Waals surface area (Å²) in [5.41, 5.74) is -4.31. The molecule has 0 atom stereocenters. The average molecular weight is 119 g/mol. The highest BCUT2D eigenvalue weighted by Gasteiger charge is 2.17. The van der Waals surface area contributed by atoms with Crippen molar-refractivity contribution in [2.45, 2.75) is 5.51 Å². The van der Waals surface area contributed by atoms with Gasteiger partial charge in [-0.15, -0.1) is 0 Å². The third-order valence-electron chi connectivity index (χ3n) is 0. The minimum Gasteiger partial charge on any atom is -0.344 e. The molecule has 0 aromatic rings. The lowest BCUT2D eigenvalue weighted by molar-refractivity contribution is -0.0303. The van der Waals surface area contributed by atoms with E-state index in [0.29, 0.717) is 0 Å². The van der Waals surface area contributed by atoms with E-state index in [1.54, 1.807) is 0 Å². The first-order valence-corrected chi connectivity index (χ1v) is 1.24. The molecule has 0 bridgehead atoms. The second-order valence-corrected chi connectivity index (χ2v) is 0.975. The molecule has 0 amide bonds. The van der Waals surface area contributed by atoms with Crippen molar-refractivity contribution in [2.24, 2.45) is 0 Å². The van der Waals surface area contributed by atoms with E-state index in [0.717, 1.165) is 0 Å². The summed E-state index contributed by atoms with van der Waals surface area (Å²) in [5, 5.41) is 0. The highest BCUT2D eigenvalue weighted by atomic mass is 32.1. The molecular weight excluding hydrogens is 115 g/mol. The monoisotopic (exact) mass is 119 g/mol. The van der Waals surface area contributed by atoms with Crippen LogP contribution in [0, 0.1) is 0 Å². The van der Waals surface area contributed by atoms with Crippen LogP contribution in [-0.2, 0) is 0 Å². The number of alkyl halides is 3. The van der Waals surface area contributed by atoms with E-state index in [9.17, 15) is 13.2 Å². The lowest BCUT2D eigenvalue weighted by atomic mass is 11.6. The molecule has 0 fully saturated rings. The SMILES string of the molecule is FC(F)(F)S.N. The summed E-state index contributed by atoms with van der Waals surface area (Å²) >= 11 is 2.12. The van der Waals surface area contributed by atoms with Crippen molar-refractivity contribution < 1.29 is 13.2 Å². The number of hydrogen-bond donors (Lipinski definition) is 2. The zero-order chi connectivity index (χ0) is 4.50. The van der Waals surface area contributed by atoms with Crippen LogP contribution in [0.4, 0.5) is 13.2 Å². The van der Waals surface area contributed by atoms with Crippen LogP contribution >= 0.6 is 12.6 Å². The summed E-state index contributed by atoms with van der Waals surface area (Å²) in [6.45, 7) is 0. The molecule has 0 aliphatic carbocycles. The Hall–Kier alpha value is 0.1000. The molecule has 5 heteroatoms. The van der Waals surface area contributed by atoms with Crippen LogP contribution in [-0.4, -0.2) is 5.51 Å². The molecule has 0 saturated carbocycles. The Morgan fingerprint density at radius 1 is 1.17 bits per heavy atom. The largest absolute Gasteiger partial charge is 0.438 e. The Labute approximate surface area is 38.5 Å². The van der Waals surface area contributed by atoms with E-state index < -0.39 is 5.51 Å². The third-order valence-corrected chi connectivity index (χ3v) is 0. The van der Waals surface area contributed by atoms with Crippen LogP contribution in [0.25, 0.3) is 0 Å². The molecule has 3 N–H and O–H groups in total. The van der Waals surface area contributed by atoms with Gasteiger partial charge >= 0.3 is 5.51 Å². The van der Waals surface area contributed by atoms with Crippen LogP contribution in [0.2, 0.25) is 0 Å². The van der Waals surface area contributed by atoms with Gasteiger partial charge in [-0.1, -0.05) is 12.6 Å².